The zero-order valence-corrected chi connectivity index (χ0v) is 8.92. The number of hydrogen-bond acceptors (Lipinski definition) is 5. The Labute approximate surface area is 92.9 Å². The number of benzene rings is 1. The van der Waals surface area contributed by atoms with E-state index in [2.05, 4.69) is 10.1 Å². The molecule has 3 N–H and O–H groups in total. The molecule has 1 aromatic heterocycles. The van der Waals surface area contributed by atoms with Crippen LogP contribution < -0.4 is 5.73 Å². The van der Waals surface area contributed by atoms with Crippen molar-refractivity contribution in [2.45, 2.75) is 19.4 Å². The van der Waals surface area contributed by atoms with Crippen molar-refractivity contribution in [2.24, 2.45) is 5.73 Å². The molecule has 0 aliphatic carbocycles. The fraction of sp³-hybridized carbons (Fsp3) is 0.273. The van der Waals surface area contributed by atoms with Crippen molar-refractivity contribution < 1.29 is 9.63 Å². The summed E-state index contributed by atoms with van der Waals surface area (Å²) in [6.45, 7) is 1.75. The van der Waals surface area contributed by atoms with Gasteiger partial charge in [0.05, 0.1) is 6.04 Å². The fourth-order valence-electron chi connectivity index (χ4n) is 1.44. The van der Waals surface area contributed by atoms with Gasteiger partial charge in [0.15, 0.2) is 5.82 Å². The maximum absolute atomic E-state index is 9.14. The van der Waals surface area contributed by atoms with E-state index in [1.165, 1.54) is 0 Å². The molecule has 0 saturated carbocycles. The number of aromatic nitrogens is 2. The lowest BCUT2D eigenvalue weighted by Gasteiger charge is -2.06. The van der Waals surface area contributed by atoms with Crippen LogP contribution in [0.4, 0.5) is 0 Å². The van der Waals surface area contributed by atoms with Crippen LogP contribution in [0.2, 0.25) is 0 Å². The summed E-state index contributed by atoms with van der Waals surface area (Å²) in [5, 5.41) is 12.8. The lowest BCUT2D eigenvalue weighted by Crippen LogP contribution is -2.13. The molecule has 2 aromatic rings. The number of nitrogens with two attached hydrogens (primary N) is 1. The second-order valence-corrected chi connectivity index (χ2v) is 3.66. The molecule has 0 amide bonds. The van der Waals surface area contributed by atoms with Gasteiger partial charge in [0.1, 0.15) is 5.75 Å². The molecule has 0 saturated heterocycles. The monoisotopic (exact) mass is 219 g/mol. The Bertz CT molecular complexity index is 464. The minimum atomic E-state index is -0.314. The number of aromatic hydroxyl groups is 1. The van der Waals surface area contributed by atoms with Gasteiger partial charge in [-0.3, -0.25) is 0 Å². The van der Waals surface area contributed by atoms with Crippen molar-refractivity contribution in [2.75, 3.05) is 0 Å². The average molecular weight is 219 g/mol. The highest BCUT2D eigenvalue weighted by Crippen LogP contribution is 2.16. The lowest BCUT2D eigenvalue weighted by atomic mass is 10.1. The number of phenols is 1. The van der Waals surface area contributed by atoms with Crippen molar-refractivity contribution in [3.63, 3.8) is 0 Å². The molecule has 16 heavy (non-hydrogen) atoms. The molecule has 0 unspecified atom stereocenters. The summed E-state index contributed by atoms with van der Waals surface area (Å²) in [5.74, 6) is 1.26. The van der Waals surface area contributed by atoms with Crippen molar-refractivity contribution in [1.29, 1.82) is 0 Å². The van der Waals surface area contributed by atoms with Crippen LogP contribution in [-0.4, -0.2) is 15.2 Å². The van der Waals surface area contributed by atoms with Crippen LogP contribution in [0, 0.1) is 6.92 Å². The molecule has 0 aliphatic heterocycles. The van der Waals surface area contributed by atoms with Gasteiger partial charge in [0.2, 0.25) is 5.89 Å². The van der Waals surface area contributed by atoms with Gasteiger partial charge in [-0.15, -0.1) is 0 Å². The summed E-state index contributed by atoms with van der Waals surface area (Å²) in [7, 11) is 0. The number of hydrogen-bond donors (Lipinski definition) is 2. The van der Waals surface area contributed by atoms with Crippen LogP contribution >= 0.6 is 0 Å². The number of rotatable bonds is 3. The predicted octanol–water partition coefficient (Wildman–Crippen LogP) is 1.33. The molecule has 0 bridgehead atoms. The molecule has 0 spiro atoms. The minimum Gasteiger partial charge on any atom is -0.508 e. The second kappa shape index (κ2) is 4.32. The van der Waals surface area contributed by atoms with E-state index in [-0.39, 0.29) is 11.8 Å². The van der Waals surface area contributed by atoms with Crippen molar-refractivity contribution in [3.05, 3.63) is 41.5 Å². The van der Waals surface area contributed by atoms with Crippen molar-refractivity contribution in [3.8, 4) is 5.75 Å². The highest BCUT2D eigenvalue weighted by molar-refractivity contribution is 5.26. The molecule has 1 atom stereocenters. The van der Waals surface area contributed by atoms with E-state index in [4.69, 9.17) is 15.4 Å². The highest BCUT2D eigenvalue weighted by atomic mass is 16.5. The van der Waals surface area contributed by atoms with Crippen molar-refractivity contribution >= 4 is 0 Å². The van der Waals surface area contributed by atoms with E-state index < -0.39 is 0 Å². The van der Waals surface area contributed by atoms with Crippen LogP contribution in [0.25, 0.3) is 0 Å². The van der Waals surface area contributed by atoms with Gasteiger partial charge in [-0.05, 0) is 31.0 Å². The Kier molecular flexibility index (Phi) is 2.87. The predicted molar refractivity (Wildman–Crippen MR) is 57.8 cm³/mol. The molecule has 0 aliphatic rings. The molecular formula is C11H13N3O2. The molecule has 0 fully saturated rings. The van der Waals surface area contributed by atoms with E-state index in [1.807, 2.05) is 12.1 Å². The van der Waals surface area contributed by atoms with Gasteiger partial charge in [-0.25, -0.2) is 0 Å². The zero-order chi connectivity index (χ0) is 11.5. The van der Waals surface area contributed by atoms with E-state index >= 15 is 0 Å². The van der Waals surface area contributed by atoms with Crippen LogP contribution in [-0.2, 0) is 6.42 Å². The maximum Gasteiger partial charge on any atom is 0.243 e. The van der Waals surface area contributed by atoms with E-state index in [0.29, 0.717) is 18.1 Å². The minimum absolute atomic E-state index is 0.242. The van der Waals surface area contributed by atoms with Crippen LogP contribution in [0.1, 0.15) is 23.3 Å². The third-order valence-corrected chi connectivity index (χ3v) is 2.25. The largest absolute Gasteiger partial charge is 0.508 e. The number of phenolic OH excluding ortho intramolecular Hbond substituents is 1. The van der Waals surface area contributed by atoms with E-state index in [1.54, 1.807) is 19.1 Å². The third kappa shape index (κ3) is 2.38. The highest BCUT2D eigenvalue weighted by Gasteiger charge is 2.13. The molecular weight excluding hydrogens is 206 g/mol. The Balaban J connectivity index is 2.07. The summed E-state index contributed by atoms with van der Waals surface area (Å²) < 4.78 is 4.99. The summed E-state index contributed by atoms with van der Waals surface area (Å²) in [6.07, 6.45) is 0.599. The van der Waals surface area contributed by atoms with E-state index in [9.17, 15) is 0 Å². The SMILES string of the molecule is Cc1noc([C@@H](N)Cc2ccc(O)cc2)n1. The quantitative estimate of drug-likeness (QED) is 0.813. The zero-order valence-electron chi connectivity index (χ0n) is 8.92. The van der Waals surface area contributed by atoms with Gasteiger partial charge in [0.25, 0.3) is 0 Å². The first-order chi connectivity index (χ1) is 7.65. The van der Waals surface area contributed by atoms with Crippen molar-refractivity contribution in [1.82, 2.24) is 10.1 Å². The van der Waals surface area contributed by atoms with Gasteiger partial charge >= 0.3 is 0 Å². The second-order valence-electron chi connectivity index (χ2n) is 3.66. The maximum atomic E-state index is 9.14. The smallest absolute Gasteiger partial charge is 0.243 e. The Morgan fingerprint density at radius 1 is 1.38 bits per heavy atom. The first-order valence-corrected chi connectivity index (χ1v) is 4.99. The molecule has 84 valence electrons. The summed E-state index contributed by atoms with van der Waals surface area (Å²) in [4.78, 5) is 4.07. The lowest BCUT2D eigenvalue weighted by molar-refractivity contribution is 0.351. The number of nitrogens with zero attached hydrogens (tertiary/aromatic N) is 2. The molecule has 5 nitrogen and oxygen atoms in total. The standard InChI is InChI=1S/C11H13N3O2/c1-7-13-11(16-14-7)10(12)6-8-2-4-9(15)5-3-8/h2-5,10,15H,6,12H2,1H3/t10-/m0/s1. The van der Waals surface area contributed by atoms with Crippen LogP contribution in [0.5, 0.6) is 5.75 Å². The van der Waals surface area contributed by atoms with Gasteiger partial charge < -0.3 is 15.4 Å². The first kappa shape index (κ1) is 10.6. The summed E-state index contributed by atoms with van der Waals surface area (Å²) in [5.41, 5.74) is 6.93. The molecule has 1 aromatic carbocycles. The summed E-state index contributed by atoms with van der Waals surface area (Å²) >= 11 is 0. The first-order valence-electron chi connectivity index (χ1n) is 4.99. The molecule has 1 heterocycles. The van der Waals surface area contributed by atoms with Crippen LogP contribution in [0.3, 0.4) is 0 Å². The topological polar surface area (TPSA) is 85.2 Å². The van der Waals surface area contributed by atoms with Gasteiger partial charge in [-0.2, -0.15) is 4.98 Å². The Morgan fingerprint density at radius 3 is 2.62 bits per heavy atom. The van der Waals surface area contributed by atoms with E-state index in [0.717, 1.165) is 5.56 Å². The Morgan fingerprint density at radius 2 is 2.06 bits per heavy atom. The third-order valence-electron chi connectivity index (χ3n) is 2.25. The molecule has 2 rings (SSSR count). The average Bonchev–Trinajstić information content (AvgIpc) is 2.68. The summed E-state index contributed by atoms with van der Waals surface area (Å²) in [6, 6.07) is 6.57. The Hall–Kier alpha value is -1.88. The molecule has 5 heteroatoms. The molecule has 0 radical (unpaired) electrons. The van der Waals surface area contributed by atoms with Crippen LogP contribution in [0.15, 0.2) is 28.8 Å². The fourth-order valence-corrected chi connectivity index (χ4v) is 1.44. The van der Waals surface area contributed by atoms with Gasteiger partial charge in [0, 0.05) is 0 Å². The van der Waals surface area contributed by atoms with Gasteiger partial charge in [-0.1, -0.05) is 17.3 Å². The number of aryl methyl sites for hydroxylation is 1. The normalized spacial score (nSPS) is 12.6.